The maximum absolute atomic E-state index is 12.3. The number of nitrogens with zero attached hydrogens (tertiary/aromatic N) is 2. The zero-order valence-electron chi connectivity index (χ0n) is 12.6. The van der Waals surface area contributed by atoms with Crippen molar-refractivity contribution in [3.8, 4) is 0 Å². The molecule has 2 aromatic carbocycles. The molecule has 1 unspecified atom stereocenters. The minimum Gasteiger partial charge on any atom is -0.340 e. The van der Waals surface area contributed by atoms with Gasteiger partial charge in [-0.1, -0.05) is 18.2 Å². The van der Waals surface area contributed by atoms with Crippen molar-refractivity contribution < 1.29 is 13.3 Å². The Kier molecular flexibility index (Phi) is 4.04. The largest absolute Gasteiger partial charge is 0.340 e. The molecule has 3 rings (SSSR count). The van der Waals surface area contributed by atoms with Crippen molar-refractivity contribution in [3.05, 3.63) is 64.5 Å². The predicted molar refractivity (Wildman–Crippen MR) is 87.9 cm³/mol. The van der Waals surface area contributed by atoms with Crippen LogP contribution in [0.4, 0.5) is 5.69 Å². The molecule has 1 atom stereocenters. The molecule has 0 amide bonds. The van der Waals surface area contributed by atoms with Gasteiger partial charge in [0.05, 0.1) is 26.9 Å². The molecule has 9 heteroatoms. The first-order valence-corrected chi connectivity index (χ1v) is 8.56. The van der Waals surface area contributed by atoms with Gasteiger partial charge < -0.3 is 4.98 Å². The van der Waals surface area contributed by atoms with Crippen molar-refractivity contribution in [1.29, 1.82) is 0 Å². The molecule has 1 aromatic heterocycles. The van der Waals surface area contributed by atoms with Gasteiger partial charge in [0.2, 0.25) is 10.0 Å². The molecular weight excluding hydrogens is 332 g/mol. The molecule has 0 saturated heterocycles. The van der Waals surface area contributed by atoms with Gasteiger partial charge in [-0.2, -0.15) is 0 Å². The fourth-order valence-electron chi connectivity index (χ4n) is 2.29. The lowest BCUT2D eigenvalue weighted by molar-refractivity contribution is -0.384. The van der Waals surface area contributed by atoms with Crippen molar-refractivity contribution in [2.24, 2.45) is 0 Å². The molecule has 0 aliphatic heterocycles. The van der Waals surface area contributed by atoms with Gasteiger partial charge in [0.15, 0.2) is 0 Å². The minimum atomic E-state index is -3.68. The number of H-pyrrole nitrogens is 1. The number of hydrogen-bond donors (Lipinski definition) is 2. The summed E-state index contributed by atoms with van der Waals surface area (Å²) in [4.78, 5) is 17.7. The van der Waals surface area contributed by atoms with Crippen molar-refractivity contribution in [2.75, 3.05) is 0 Å². The Morgan fingerprint density at radius 1 is 1.21 bits per heavy atom. The van der Waals surface area contributed by atoms with Gasteiger partial charge in [0, 0.05) is 12.1 Å². The molecule has 3 aromatic rings. The van der Waals surface area contributed by atoms with E-state index < -0.39 is 21.0 Å². The number of nitrogens with one attached hydrogen (secondary N) is 2. The third-order valence-corrected chi connectivity index (χ3v) is 5.05. The summed E-state index contributed by atoms with van der Waals surface area (Å²) in [5, 5.41) is 10.8. The predicted octanol–water partition coefficient (Wildman–Crippen LogP) is 2.51. The van der Waals surface area contributed by atoms with Crippen LogP contribution in [0.1, 0.15) is 18.8 Å². The Morgan fingerprint density at radius 2 is 1.92 bits per heavy atom. The fraction of sp³-hybridized carbons (Fsp3) is 0.133. The van der Waals surface area contributed by atoms with Gasteiger partial charge in [-0.05, 0) is 25.1 Å². The SMILES string of the molecule is CC(NS(=O)(=O)c1ccccc1)c1nc2ccc([N+](=O)[O-])cc2[nH]1. The first-order valence-electron chi connectivity index (χ1n) is 7.08. The number of hydrogen-bond acceptors (Lipinski definition) is 5. The maximum atomic E-state index is 12.3. The number of aromatic nitrogens is 2. The average molecular weight is 346 g/mol. The van der Waals surface area contributed by atoms with Gasteiger partial charge in [-0.3, -0.25) is 10.1 Å². The number of fused-ring (bicyclic) bond motifs is 1. The van der Waals surface area contributed by atoms with Crippen LogP contribution in [-0.2, 0) is 10.0 Å². The second-order valence-corrected chi connectivity index (χ2v) is 6.95. The molecule has 0 fully saturated rings. The van der Waals surface area contributed by atoms with Crippen molar-refractivity contribution in [1.82, 2.24) is 14.7 Å². The van der Waals surface area contributed by atoms with Crippen LogP contribution in [0.5, 0.6) is 0 Å². The normalized spacial score (nSPS) is 13.0. The number of non-ortho nitro benzene ring substituents is 1. The van der Waals surface area contributed by atoms with Crippen LogP contribution in [0.15, 0.2) is 53.4 Å². The molecule has 0 saturated carbocycles. The lowest BCUT2D eigenvalue weighted by Crippen LogP contribution is -2.27. The quantitative estimate of drug-likeness (QED) is 0.543. The number of benzene rings is 2. The number of imidazole rings is 1. The fourth-order valence-corrected chi connectivity index (χ4v) is 3.52. The summed E-state index contributed by atoms with van der Waals surface area (Å²) in [5.74, 6) is 0.380. The van der Waals surface area contributed by atoms with Gasteiger partial charge in [0.1, 0.15) is 5.82 Å². The van der Waals surface area contributed by atoms with E-state index in [9.17, 15) is 18.5 Å². The Morgan fingerprint density at radius 3 is 2.58 bits per heavy atom. The first kappa shape index (κ1) is 16.1. The second kappa shape index (κ2) is 6.02. The molecular formula is C15H14N4O4S. The molecule has 8 nitrogen and oxygen atoms in total. The van der Waals surface area contributed by atoms with E-state index in [1.807, 2.05) is 0 Å². The first-order chi connectivity index (χ1) is 11.4. The highest BCUT2D eigenvalue weighted by Gasteiger charge is 2.20. The highest BCUT2D eigenvalue weighted by Crippen LogP contribution is 2.22. The molecule has 0 aliphatic rings. The number of nitro benzene ring substituents is 1. The van der Waals surface area contributed by atoms with E-state index in [-0.39, 0.29) is 10.6 Å². The van der Waals surface area contributed by atoms with Crippen molar-refractivity contribution in [3.63, 3.8) is 0 Å². The molecule has 24 heavy (non-hydrogen) atoms. The third-order valence-electron chi connectivity index (χ3n) is 3.49. The van der Waals surface area contributed by atoms with Crippen molar-refractivity contribution in [2.45, 2.75) is 17.9 Å². The Labute approximate surface area is 137 Å². The zero-order chi connectivity index (χ0) is 17.3. The van der Waals surface area contributed by atoms with Crippen LogP contribution in [0.25, 0.3) is 11.0 Å². The molecule has 0 spiro atoms. The van der Waals surface area contributed by atoms with Gasteiger partial charge in [-0.25, -0.2) is 18.1 Å². The summed E-state index contributed by atoms with van der Waals surface area (Å²) in [6.07, 6.45) is 0. The van der Waals surface area contributed by atoms with Gasteiger partial charge in [0.25, 0.3) is 5.69 Å². The average Bonchev–Trinajstić information content (AvgIpc) is 2.98. The number of nitro groups is 1. The molecule has 1 heterocycles. The molecule has 0 bridgehead atoms. The van der Waals surface area contributed by atoms with Crippen LogP contribution >= 0.6 is 0 Å². The highest BCUT2D eigenvalue weighted by molar-refractivity contribution is 7.89. The van der Waals surface area contributed by atoms with E-state index in [1.165, 1.54) is 30.3 Å². The summed E-state index contributed by atoms with van der Waals surface area (Å²) in [6.45, 7) is 1.65. The molecule has 0 radical (unpaired) electrons. The van der Waals surface area contributed by atoms with Crippen LogP contribution in [-0.4, -0.2) is 23.3 Å². The van der Waals surface area contributed by atoms with Crippen LogP contribution in [0.2, 0.25) is 0 Å². The lowest BCUT2D eigenvalue weighted by Gasteiger charge is -2.11. The van der Waals surface area contributed by atoms with E-state index >= 15 is 0 Å². The second-order valence-electron chi connectivity index (χ2n) is 5.24. The molecule has 124 valence electrons. The zero-order valence-corrected chi connectivity index (χ0v) is 13.4. The van der Waals surface area contributed by atoms with Crippen LogP contribution in [0.3, 0.4) is 0 Å². The molecule has 0 aliphatic carbocycles. The summed E-state index contributed by atoms with van der Waals surface area (Å²) in [6, 6.07) is 11.6. The Hall–Kier alpha value is -2.78. The van der Waals surface area contributed by atoms with E-state index in [0.29, 0.717) is 16.9 Å². The lowest BCUT2D eigenvalue weighted by atomic mass is 10.3. The van der Waals surface area contributed by atoms with Gasteiger partial charge in [-0.15, -0.1) is 0 Å². The molecule has 2 N–H and O–H groups in total. The maximum Gasteiger partial charge on any atom is 0.271 e. The van der Waals surface area contributed by atoms with Gasteiger partial charge >= 0.3 is 0 Å². The minimum absolute atomic E-state index is 0.0600. The van der Waals surface area contributed by atoms with Crippen LogP contribution < -0.4 is 4.72 Å². The summed E-state index contributed by atoms with van der Waals surface area (Å²) < 4.78 is 27.2. The smallest absolute Gasteiger partial charge is 0.271 e. The third kappa shape index (κ3) is 3.12. The number of rotatable bonds is 5. The number of sulfonamides is 1. The summed E-state index contributed by atoms with van der Waals surface area (Å²) in [7, 11) is -3.68. The van der Waals surface area contributed by atoms with Crippen molar-refractivity contribution >= 4 is 26.7 Å². The summed E-state index contributed by atoms with van der Waals surface area (Å²) in [5.41, 5.74) is 0.946. The highest BCUT2D eigenvalue weighted by atomic mass is 32.2. The van der Waals surface area contributed by atoms with E-state index in [1.54, 1.807) is 25.1 Å². The van der Waals surface area contributed by atoms with E-state index in [0.717, 1.165) is 0 Å². The number of aromatic amines is 1. The van der Waals surface area contributed by atoms with Crippen LogP contribution in [0, 0.1) is 10.1 Å². The Balaban J connectivity index is 1.89. The Bertz CT molecular complexity index is 999. The van der Waals surface area contributed by atoms with E-state index in [2.05, 4.69) is 14.7 Å². The van der Waals surface area contributed by atoms with E-state index in [4.69, 9.17) is 0 Å². The monoisotopic (exact) mass is 346 g/mol. The topological polar surface area (TPSA) is 118 Å². The standard InChI is InChI=1S/C15H14N4O4S/c1-10(18-24(22,23)12-5-3-2-4-6-12)15-16-13-8-7-11(19(20)21)9-14(13)17-15/h2-10,18H,1H3,(H,16,17). The summed E-state index contributed by atoms with van der Waals surface area (Å²) >= 11 is 0.